The Morgan fingerprint density at radius 2 is 1.57 bits per heavy atom. The fourth-order valence-corrected chi connectivity index (χ4v) is 3.29. The van der Waals surface area contributed by atoms with Crippen LogP contribution >= 0.6 is 0 Å². The molecule has 0 aliphatic carbocycles. The lowest BCUT2D eigenvalue weighted by Gasteiger charge is -2.20. The van der Waals surface area contributed by atoms with Gasteiger partial charge in [-0.15, -0.1) is 0 Å². The lowest BCUT2D eigenvalue weighted by molar-refractivity contribution is -0.138. The summed E-state index contributed by atoms with van der Waals surface area (Å²) in [6.07, 6.45) is 5.58. The van der Waals surface area contributed by atoms with Gasteiger partial charge in [-0.3, -0.25) is 4.79 Å². The minimum absolute atomic E-state index is 0.212. The fourth-order valence-electron chi connectivity index (χ4n) is 3.29. The second-order valence-electron chi connectivity index (χ2n) is 7.22. The Bertz CT molecular complexity index is 331. The minimum atomic E-state index is -0.747. The molecule has 0 amide bonds. The first-order chi connectivity index (χ1) is 10.8. The van der Waals surface area contributed by atoms with Crippen LogP contribution in [-0.4, -0.2) is 40.3 Å². The quantitative estimate of drug-likeness (QED) is 0.336. The number of aliphatic carboxylic acids is 1. The van der Waals surface area contributed by atoms with Crippen LogP contribution in [0.1, 0.15) is 65.7 Å². The van der Waals surface area contributed by atoms with Crippen LogP contribution in [0.5, 0.6) is 0 Å². The van der Waals surface area contributed by atoms with E-state index in [0.29, 0.717) is 24.5 Å². The molecule has 3 N–H and O–H groups in total. The van der Waals surface area contributed by atoms with Crippen LogP contribution in [-0.2, 0) is 9.59 Å². The first-order valence-corrected chi connectivity index (χ1v) is 8.76. The maximum atomic E-state index is 10.7. The van der Waals surface area contributed by atoms with Crippen LogP contribution in [0.15, 0.2) is 0 Å². The highest BCUT2D eigenvalue weighted by Gasteiger charge is 2.18. The van der Waals surface area contributed by atoms with E-state index in [1.165, 1.54) is 0 Å². The van der Waals surface area contributed by atoms with Crippen molar-refractivity contribution in [3.63, 3.8) is 0 Å². The van der Waals surface area contributed by atoms with Gasteiger partial charge in [-0.25, -0.2) is 0 Å². The summed E-state index contributed by atoms with van der Waals surface area (Å²) >= 11 is 0. The monoisotopic (exact) mass is 330 g/mol. The fraction of sp³-hybridized carbons (Fsp3) is 0.889. The number of rotatable bonds is 14. The van der Waals surface area contributed by atoms with Crippen molar-refractivity contribution in [1.29, 1.82) is 0 Å². The molecule has 136 valence electrons. The largest absolute Gasteiger partial charge is 0.481 e. The highest BCUT2D eigenvalue weighted by molar-refractivity contribution is 5.66. The Morgan fingerprint density at radius 1 is 1.00 bits per heavy atom. The molecular formula is C18H34O5. The van der Waals surface area contributed by atoms with Gasteiger partial charge in [-0.2, -0.15) is 0 Å². The average molecular weight is 330 g/mol. The SMILES string of the molecule is CC(CC(=O)O)C[C@H](C)C[C@H](C)CCCC[C@@H](O)[C@H](C=O)CO. The third-order valence-electron chi connectivity index (χ3n) is 4.46. The Hall–Kier alpha value is -0.940. The van der Waals surface area contributed by atoms with E-state index in [1.54, 1.807) is 0 Å². The molecule has 5 nitrogen and oxygen atoms in total. The van der Waals surface area contributed by atoms with E-state index in [2.05, 4.69) is 13.8 Å². The van der Waals surface area contributed by atoms with Crippen molar-refractivity contribution in [1.82, 2.24) is 0 Å². The summed E-state index contributed by atoms with van der Waals surface area (Å²) in [6.45, 7) is 6.07. The normalized spacial score (nSPS) is 18.0. The molecule has 5 atom stereocenters. The summed E-state index contributed by atoms with van der Waals surface area (Å²) in [4.78, 5) is 21.3. The van der Waals surface area contributed by atoms with Crippen LogP contribution in [0, 0.1) is 23.7 Å². The Balaban J connectivity index is 3.83. The number of hydrogen-bond donors (Lipinski definition) is 3. The van der Waals surface area contributed by atoms with Crippen molar-refractivity contribution in [3.05, 3.63) is 0 Å². The molecule has 0 aliphatic heterocycles. The average Bonchev–Trinajstić information content (AvgIpc) is 2.43. The van der Waals surface area contributed by atoms with Crippen molar-refractivity contribution in [3.8, 4) is 0 Å². The number of unbranched alkanes of at least 4 members (excludes halogenated alkanes) is 1. The van der Waals surface area contributed by atoms with E-state index in [4.69, 9.17) is 10.2 Å². The van der Waals surface area contributed by atoms with Gasteiger partial charge in [0.05, 0.1) is 18.6 Å². The van der Waals surface area contributed by atoms with Gasteiger partial charge in [-0.05, 0) is 37.0 Å². The van der Waals surface area contributed by atoms with E-state index in [0.717, 1.165) is 32.1 Å². The third-order valence-corrected chi connectivity index (χ3v) is 4.46. The van der Waals surface area contributed by atoms with E-state index in [1.807, 2.05) is 6.92 Å². The summed E-state index contributed by atoms with van der Waals surface area (Å²) in [5, 5.41) is 27.5. The summed E-state index contributed by atoms with van der Waals surface area (Å²) in [6, 6.07) is 0. The first-order valence-electron chi connectivity index (χ1n) is 8.76. The van der Waals surface area contributed by atoms with Crippen molar-refractivity contribution in [2.75, 3.05) is 6.61 Å². The number of hydrogen-bond acceptors (Lipinski definition) is 4. The molecule has 0 heterocycles. The highest BCUT2D eigenvalue weighted by Crippen LogP contribution is 2.24. The molecule has 1 unspecified atom stereocenters. The summed E-state index contributed by atoms with van der Waals surface area (Å²) < 4.78 is 0. The number of aldehydes is 1. The second-order valence-corrected chi connectivity index (χ2v) is 7.22. The third kappa shape index (κ3) is 11.3. The molecule has 0 radical (unpaired) electrons. The predicted molar refractivity (Wildman–Crippen MR) is 90.1 cm³/mol. The van der Waals surface area contributed by atoms with Crippen LogP contribution < -0.4 is 0 Å². The molecule has 0 bridgehead atoms. The number of aliphatic hydroxyl groups excluding tert-OH is 2. The topological polar surface area (TPSA) is 94.8 Å². The molecule has 23 heavy (non-hydrogen) atoms. The lowest BCUT2D eigenvalue weighted by Crippen LogP contribution is -2.24. The van der Waals surface area contributed by atoms with Crippen molar-refractivity contribution in [2.24, 2.45) is 23.7 Å². The maximum Gasteiger partial charge on any atom is 0.303 e. The van der Waals surface area contributed by atoms with Crippen LogP contribution in [0.3, 0.4) is 0 Å². The number of carboxylic acid groups (broad SMARTS) is 1. The summed E-state index contributed by atoms with van der Waals surface area (Å²) in [7, 11) is 0. The Kier molecular flexibility index (Phi) is 12.0. The number of aliphatic hydroxyl groups is 2. The van der Waals surface area contributed by atoms with Gasteiger partial charge >= 0.3 is 5.97 Å². The molecule has 0 aromatic rings. The predicted octanol–water partition coefficient (Wildman–Crippen LogP) is 2.88. The summed E-state index contributed by atoms with van der Waals surface area (Å²) in [5.74, 6) is -0.0998. The zero-order valence-electron chi connectivity index (χ0n) is 14.8. The summed E-state index contributed by atoms with van der Waals surface area (Å²) in [5.41, 5.74) is 0. The van der Waals surface area contributed by atoms with Gasteiger partial charge in [0.1, 0.15) is 6.29 Å². The van der Waals surface area contributed by atoms with Gasteiger partial charge in [0, 0.05) is 6.42 Å². The zero-order valence-corrected chi connectivity index (χ0v) is 14.8. The Morgan fingerprint density at radius 3 is 2.09 bits per heavy atom. The molecule has 0 rings (SSSR count). The van der Waals surface area contributed by atoms with E-state index < -0.39 is 18.0 Å². The molecule has 5 heteroatoms. The molecule has 0 aromatic carbocycles. The molecule has 0 saturated heterocycles. The minimum Gasteiger partial charge on any atom is -0.481 e. The second kappa shape index (κ2) is 12.5. The van der Waals surface area contributed by atoms with Gasteiger partial charge < -0.3 is 20.1 Å². The maximum absolute atomic E-state index is 10.7. The molecule has 0 aromatic heterocycles. The zero-order chi connectivity index (χ0) is 17.8. The van der Waals surface area contributed by atoms with Crippen LogP contribution in [0.4, 0.5) is 0 Å². The molecule has 0 aliphatic rings. The van der Waals surface area contributed by atoms with Gasteiger partial charge in [-0.1, -0.05) is 40.0 Å². The van der Waals surface area contributed by atoms with Gasteiger partial charge in [0.15, 0.2) is 0 Å². The highest BCUT2D eigenvalue weighted by atomic mass is 16.4. The lowest BCUT2D eigenvalue weighted by atomic mass is 9.86. The standard InChI is InChI=1S/C18H34O5/c1-13(8-14(2)9-15(3)10-18(22)23)6-4-5-7-17(21)16(11-19)12-20/h11,13-17,20-21H,4-10,12H2,1-3H3,(H,22,23)/t13-,14-,15?,16-,17-/m1/s1. The van der Waals surface area contributed by atoms with Crippen LogP contribution in [0.2, 0.25) is 0 Å². The van der Waals surface area contributed by atoms with Gasteiger partial charge in [0.25, 0.3) is 0 Å². The van der Waals surface area contributed by atoms with Crippen molar-refractivity contribution in [2.45, 2.75) is 71.8 Å². The van der Waals surface area contributed by atoms with Crippen molar-refractivity contribution < 1.29 is 24.9 Å². The number of carbonyl (C=O) groups excluding carboxylic acids is 1. The molecular weight excluding hydrogens is 296 g/mol. The van der Waals surface area contributed by atoms with Crippen molar-refractivity contribution >= 4 is 12.3 Å². The van der Waals surface area contributed by atoms with Crippen LogP contribution in [0.25, 0.3) is 0 Å². The molecule has 0 saturated carbocycles. The van der Waals surface area contributed by atoms with Gasteiger partial charge in [0.2, 0.25) is 0 Å². The molecule has 0 fully saturated rings. The van der Waals surface area contributed by atoms with E-state index in [9.17, 15) is 14.7 Å². The van der Waals surface area contributed by atoms with E-state index in [-0.39, 0.29) is 18.9 Å². The Labute approximate surface area is 140 Å². The van der Waals surface area contributed by atoms with E-state index >= 15 is 0 Å². The molecule has 0 spiro atoms. The first kappa shape index (κ1) is 22.1. The number of carbonyl (C=O) groups is 2. The number of carboxylic acids is 1. The smallest absolute Gasteiger partial charge is 0.303 e.